The summed E-state index contributed by atoms with van der Waals surface area (Å²) in [6.07, 6.45) is 6.29. The first-order chi connectivity index (χ1) is 10.1. The third-order valence-corrected chi connectivity index (χ3v) is 3.46. The number of hydrogen-bond acceptors (Lipinski definition) is 5. The number of morpholine rings is 1. The van der Waals surface area contributed by atoms with Crippen LogP contribution >= 0.6 is 0 Å². The molecule has 1 atom stereocenters. The van der Waals surface area contributed by atoms with E-state index < -0.39 is 0 Å². The van der Waals surface area contributed by atoms with Crippen molar-refractivity contribution < 1.29 is 9.53 Å². The molecular weight excluding hydrogens is 270 g/mol. The van der Waals surface area contributed by atoms with E-state index in [1.54, 1.807) is 11.1 Å². The van der Waals surface area contributed by atoms with Crippen LogP contribution in [0.3, 0.4) is 0 Å². The van der Waals surface area contributed by atoms with Crippen LogP contribution in [0.4, 0.5) is 0 Å². The monoisotopic (exact) mass is 287 g/mol. The summed E-state index contributed by atoms with van der Waals surface area (Å²) in [5.74, 6) is 0.714. The molecule has 1 aliphatic heterocycles. The van der Waals surface area contributed by atoms with Crippen LogP contribution in [-0.2, 0) is 11.8 Å². The molecule has 1 saturated heterocycles. The lowest BCUT2D eigenvalue weighted by molar-refractivity contribution is -0.0281. The van der Waals surface area contributed by atoms with Gasteiger partial charge in [0.15, 0.2) is 0 Å². The predicted octanol–water partition coefficient (Wildman–Crippen LogP) is 0.732. The Balaban J connectivity index is 1.77. The molecule has 21 heavy (non-hydrogen) atoms. The van der Waals surface area contributed by atoms with Crippen LogP contribution in [0.2, 0.25) is 0 Å². The van der Waals surface area contributed by atoms with Crippen LogP contribution in [-0.4, -0.2) is 50.0 Å². The van der Waals surface area contributed by atoms with Gasteiger partial charge in [-0.2, -0.15) is 0 Å². The lowest BCUT2D eigenvalue weighted by atomic mass is 10.2. The third-order valence-electron chi connectivity index (χ3n) is 3.46. The van der Waals surface area contributed by atoms with Gasteiger partial charge >= 0.3 is 0 Å². The molecule has 3 rings (SSSR count). The fourth-order valence-corrected chi connectivity index (χ4v) is 2.50. The number of hydrogen-bond donors (Lipinski definition) is 0. The summed E-state index contributed by atoms with van der Waals surface area (Å²) >= 11 is 0. The van der Waals surface area contributed by atoms with Gasteiger partial charge in [0.2, 0.25) is 0 Å². The second-order valence-electron chi connectivity index (χ2n) is 5.05. The second-order valence-corrected chi connectivity index (χ2v) is 5.05. The van der Waals surface area contributed by atoms with E-state index >= 15 is 0 Å². The first kappa shape index (κ1) is 13.7. The molecule has 7 nitrogen and oxygen atoms in total. The molecule has 0 aromatic carbocycles. The van der Waals surface area contributed by atoms with E-state index in [1.807, 2.05) is 24.7 Å². The van der Waals surface area contributed by atoms with Crippen LogP contribution in [0.5, 0.6) is 0 Å². The topological polar surface area (TPSA) is 73.1 Å². The van der Waals surface area contributed by atoms with Crippen LogP contribution in [0.1, 0.15) is 28.1 Å². The molecule has 2 aromatic rings. The average molecular weight is 287 g/mol. The van der Waals surface area contributed by atoms with E-state index in [0.717, 1.165) is 11.5 Å². The molecule has 1 amide bonds. The molecule has 1 unspecified atom stereocenters. The summed E-state index contributed by atoms with van der Waals surface area (Å²) in [7, 11) is 1.93. The van der Waals surface area contributed by atoms with Crippen molar-refractivity contribution in [3.05, 3.63) is 42.0 Å². The molecule has 0 bridgehead atoms. The maximum Gasteiger partial charge on any atom is 0.274 e. The van der Waals surface area contributed by atoms with Gasteiger partial charge in [0.05, 0.1) is 25.0 Å². The normalized spacial score (nSPS) is 18.8. The average Bonchev–Trinajstić information content (AvgIpc) is 2.86. The van der Waals surface area contributed by atoms with Crippen molar-refractivity contribution in [1.82, 2.24) is 24.4 Å². The Kier molecular flexibility index (Phi) is 3.66. The Morgan fingerprint density at radius 3 is 2.95 bits per heavy atom. The standard InChI is InChI=1S/C14H17N5O2/c1-10-8-18(2)13(17-10)12-9-19(5-6-21-12)14(20)11-7-15-3-4-16-11/h3-4,7-8,12H,5-6,9H2,1-2H3. The summed E-state index contributed by atoms with van der Waals surface area (Å²) in [6, 6.07) is 0. The summed E-state index contributed by atoms with van der Waals surface area (Å²) in [4.78, 5) is 26.6. The lowest BCUT2D eigenvalue weighted by Crippen LogP contribution is -2.43. The zero-order valence-corrected chi connectivity index (χ0v) is 12.1. The largest absolute Gasteiger partial charge is 0.367 e. The molecule has 0 aliphatic carbocycles. The summed E-state index contributed by atoms with van der Waals surface area (Å²) in [5.41, 5.74) is 1.29. The molecule has 0 N–H and O–H groups in total. The van der Waals surface area contributed by atoms with E-state index in [2.05, 4.69) is 15.0 Å². The van der Waals surface area contributed by atoms with E-state index in [0.29, 0.717) is 25.4 Å². The number of rotatable bonds is 2. The highest BCUT2D eigenvalue weighted by Crippen LogP contribution is 2.22. The number of ether oxygens (including phenoxy) is 1. The number of nitrogens with zero attached hydrogens (tertiary/aromatic N) is 5. The molecule has 2 aromatic heterocycles. The Morgan fingerprint density at radius 2 is 2.29 bits per heavy atom. The van der Waals surface area contributed by atoms with E-state index in [9.17, 15) is 4.79 Å². The van der Waals surface area contributed by atoms with Crippen molar-refractivity contribution in [3.8, 4) is 0 Å². The van der Waals surface area contributed by atoms with Crippen LogP contribution in [0, 0.1) is 6.92 Å². The molecule has 3 heterocycles. The summed E-state index contributed by atoms with van der Waals surface area (Å²) in [5, 5.41) is 0. The molecule has 0 spiro atoms. The Morgan fingerprint density at radius 1 is 1.43 bits per heavy atom. The summed E-state index contributed by atoms with van der Waals surface area (Å²) in [6.45, 7) is 3.45. The number of imidazole rings is 1. The minimum atomic E-state index is -0.210. The number of carbonyl (C=O) groups is 1. The smallest absolute Gasteiger partial charge is 0.274 e. The quantitative estimate of drug-likeness (QED) is 0.814. The van der Waals surface area contributed by atoms with Crippen LogP contribution in [0.15, 0.2) is 24.8 Å². The number of amides is 1. The van der Waals surface area contributed by atoms with Gasteiger partial charge in [-0.05, 0) is 6.92 Å². The van der Waals surface area contributed by atoms with Crippen molar-refractivity contribution in [3.63, 3.8) is 0 Å². The van der Waals surface area contributed by atoms with Gasteiger partial charge in [0.1, 0.15) is 17.6 Å². The van der Waals surface area contributed by atoms with Gasteiger partial charge in [-0.25, -0.2) is 9.97 Å². The zero-order valence-electron chi connectivity index (χ0n) is 12.1. The maximum atomic E-state index is 12.4. The first-order valence-corrected chi connectivity index (χ1v) is 6.82. The predicted molar refractivity (Wildman–Crippen MR) is 74.6 cm³/mol. The minimum absolute atomic E-state index is 0.123. The molecule has 110 valence electrons. The van der Waals surface area contributed by atoms with Crippen molar-refractivity contribution in [2.75, 3.05) is 19.7 Å². The van der Waals surface area contributed by atoms with Gasteiger partial charge < -0.3 is 14.2 Å². The maximum absolute atomic E-state index is 12.4. The fraction of sp³-hybridized carbons (Fsp3) is 0.429. The van der Waals surface area contributed by atoms with E-state index in [4.69, 9.17) is 4.74 Å². The Bertz CT molecular complexity index is 640. The highest BCUT2D eigenvalue weighted by atomic mass is 16.5. The van der Waals surface area contributed by atoms with Crippen LogP contribution < -0.4 is 0 Å². The first-order valence-electron chi connectivity index (χ1n) is 6.82. The Hall–Kier alpha value is -2.28. The van der Waals surface area contributed by atoms with Gasteiger partial charge in [0, 0.05) is 32.2 Å². The van der Waals surface area contributed by atoms with Gasteiger partial charge in [0.25, 0.3) is 5.91 Å². The van der Waals surface area contributed by atoms with Crippen molar-refractivity contribution in [2.24, 2.45) is 7.05 Å². The highest BCUT2D eigenvalue weighted by Gasteiger charge is 2.29. The van der Waals surface area contributed by atoms with Gasteiger partial charge in [-0.3, -0.25) is 9.78 Å². The van der Waals surface area contributed by atoms with E-state index in [-0.39, 0.29) is 12.0 Å². The van der Waals surface area contributed by atoms with Gasteiger partial charge in [-0.1, -0.05) is 0 Å². The molecule has 1 fully saturated rings. The number of aromatic nitrogens is 4. The zero-order chi connectivity index (χ0) is 14.8. The van der Waals surface area contributed by atoms with Crippen LogP contribution in [0.25, 0.3) is 0 Å². The SMILES string of the molecule is Cc1cn(C)c(C2CN(C(=O)c3cnccn3)CCO2)n1. The highest BCUT2D eigenvalue weighted by molar-refractivity contribution is 5.92. The molecular formula is C14H17N5O2. The van der Waals surface area contributed by atoms with Crippen molar-refractivity contribution >= 4 is 5.91 Å². The molecule has 1 aliphatic rings. The fourth-order valence-electron chi connectivity index (χ4n) is 2.50. The summed E-state index contributed by atoms with van der Waals surface area (Å²) < 4.78 is 7.70. The van der Waals surface area contributed by atoms with Crippen molar-refractivity contribution in [2.45, 2.75) is 13.0 Å². The number of aryl methyl sites for hydroxylation is 2. The Labute approximate surface area is 122 Å². The number of carbonyl (C=O) groups excluding carboxylic acids is 1. The molecule has 7 heteroatoms. The van der Waals surface area contributed by atoms with Crippen molar-refractivity contribution in [1.29, 1.82) is 0 Å². The lowest BCUT2D eigenvalue weighted by Gasteiger charge is -2.32. The van der Waals surface area contributed by atoms with Gasteiger partial charge in [-0.15, -0.1) is 0 Å². The second kappa shape index (κ2) is 5.61. The molecule has 0 saturated carbocycles. The minimum Gasteiger partial charge on any atom is -0.367 e. The van der Waals surface area contributed by atoms with E-state index in [1.165, 1.54) is 12.4 Å². The third kappa shape index (κ3) is 2.78. The molecule has 0 radical (unpaired) electrons.